The number of nitrogens with zero attached hydrogens (tertiary/aromatic N) is 2. The van der Waals surface area contributed by atoms with Crippen molar-refractivity contribution < 1.29 is 0 Å². The van der Waals surface area contributed by atoms with E-state index in [1.807, 2.05) is 60.7 Å². The van der Waals surface area contributed by atoms with Crippen molar-refractivity contribution in [3.05, 3.63) is 101 Å². The number of hydrogen-bond donors (Lipinski definition) is 0. The van der Waals surface area contributed by atoms with Crippen LogP contribution in [0.1, 0.15) is 5.56 Å². The van der Waals surface area contributed by atoms with Crippen LogP contribution in [0.25, 0.3) is 27.5 Å². The number of allylic oxidation sites excluding steroid dienone is 1. The molecular formula is C22H14N2O. The van der Waals surface area contributed by atoms with Crippen LogP contribution in [-0.4, -0.2) is 10.3 Å². The van der Waals surface area contributed by atoms with Crippen LogP contribution in [0, 0.1) is 0 Å². The summed E-state index contributed by atoms with van der Waals surface area (Å²) in [5.41, 5.74) is 4.88. The molecule has 0 radical (unpaired) electrons. The maximum atomic E-state index is 13.0. The lowest BCUT2D eigenvalue weighted by atomic mass is 10.0. The van der Waals surface area contributed by atoms with Gasteiger partial charge in [0.05, 0.1) is 16.7 Å². The zero-order valence-electron chi connectivity index (χ0n) is 13.4. The first-order chi connectivity index (χ1) is 12.3. The molecule has 0 saturated heterocycles. The van der Waals surface area contributed by atoms with Gasteiger partial charge in [-0.25, -0.2) is 0 Å². The van der Waals surface area contributed by atoms with Crippen molar-refractivity contribution in [2.24, 2.45) is 4.99 Å². The molecule has 0 aliphatic carbocycles. The summed E-state index contributed by atoms with van der Waals surface area (Å²) >= 11 is 0. The third-order valence-electron chi connectivity index (χ3n) is 4.63. The summed E-state index contributed by atoms with van der Waals surface area (Å²) < 4.78 is 2.15. The van der Waals surface area contributed by atoms with E-state index in [0.29, 0.717) is 0 Å². The van der Waals surface area contributed by atoms with Crippen LogP contribution in [-0.2, 0) is 0 Å². The molecule has 2 heterocycles. The third kappa shape index (κ3) is 2.06. The van der Waals surface area contributed by atoms with Crippen molar-refractivity contribution in [3.63, 3.8) is 0 Å². The van der Waals surface area contributed by atoms with E-state index in [9.17, 15) is 4.79 Å². The first-order valence-electron chi connectivity index (χ1n) is 8.20. The van der Waals surface area contributed by atoms with E-state index in [4.69, 9.17) is 0 Å². The van der Waals surface area contributed by atoms with Crippen molar-refractivity contribution in [1.29, 1.82) is 0 Å². The monoisotopic (exact) mass is 322 g/mol. The first-order valence-corrected chi connectivity index (χ1v) is 8.20. The zero-order valence-corrected chi connectivity index (χ0v) is 13.4. The van der Waals surface area contributed by atoms with Crippen molar-refractivity contribution >= 4 is 27.5 Å². The van der Waals surface area contributed by atoms with E-state index < -0.39 is 0 Å². The van der Waals surface area contributed by atoms with Gasteiger partial charge >= 0.3 is 0 Å². The van der Waals surface area contributed by atoms with Crippen LogP contribution in [0.2, 0.25) is 0 Å². The number of hydrogen-bond acceptors (Lipinski definition) is 2. The number of pyridine rings is 1. The Labute approximate surface area is 144 Å². The fourth-order valence-electron chi connectivity index (χ4n) is 3.38. The highest BCUT2D eigenvalue weighted by atomic mass is 16.1. The molecule has 0 unspecified atom stereocenters. The summed E-state index contributed by atoms with van der Waals surface area (Å²) in [4.78, 5) is 17.3. The molecule has 0 amide bonds. The molecule has 3 nitrogen and oxygen atoms in total. The minimum atomic E-state index is 0.0652. The Morgan fingerprint density at radius 2 is 1.48 bits per heavy atom. The highest BCUT2D eigenvalue weighted by molar-refractivity contribution is 6.13. The van der Waals surface area contributed by atoms with Gasteiger partial charge in [-0.05, 0) is 42.5 Å². The predicted molar refractivity (Wildman–Crippen MR) is 103 cm³/mol. The average Bonchev–Trinajstić information content (AvgIpc) is 2.61. The summed E-state index contributed by atoms with van der Waals surface area (Å²) in [7, 11) is 0. The topological polar surface area (TPSA) is 34.4 Å². The van der Waals surface area contributed by atoms with Crippen molar-refractivity contribution in [3.8, 4) is 5.69 Å². The maximum Gasteiger partial charge on any atom is 0.197 e. The molecule has 0 spiro atoms. The van der Waals surface area contributed by atoms with Gasteiger partial charge in [-0.15, -0.1) is 0 Å². The number of aromatic nitrogens is 1. The largest absolute Gasteiger partial charge is 0.309 e. The second kappa shape index (κ2) is 5.28. The molecule has 1 aromatic heterocycles. The van der Waals surface area contributed by atoms with Gasteiger partial charge in [0, 0.05) is 28.2 Å². The Morgan fingerprint density at radius 3 is 2.24 bits per heavy atom. The van der Waals surface area contributed by atoms with Crippen molar-refractivity contribution in [2.45, 2.75) is 0 Å². The fourth-order valence-corrected chi connectivity index (χ4v) is 3.38. The van der Waals surface area contributed by atoms with E-state index in [1.165, 1.54) is 0 Å². The number of rotatable bonds is 2. The number of para-hydroxylation sites is 2. The van der Waals surface area contributed by atoms with E-state index in [-0.39, 0.29) is 5.43 Å². The molecular weight excluding hydrogens is 308 g/mol. The quantitative estimate of drug-likeness (QED) is 0.502. The summed E-state index contributed by atoms with van der Waals surface area (Å²) in [6, 6.07) is 23.8. The summed E-state index contributed by atoms with van der Waals surface area (Å²) in [6.07, 6.45) is 3.76. The fraction of sp³-hybridized carbons (Fsp3) is 0. The molecule has 0 atom stereocenters. The number of aliphatic imine (C=N–C) groups is 1. The second-order valence-electron chi connectivity index (χ2n) is 6.08. The minimum absolute atomic E-state index is 0.0652. The van der Waals surface area contributed by atoms with Gasteiger partial charge in [0.25, 0.3) is 0 Å². The summed E-state index contributed by atoms with van der Waals surface area (Å²) in [5.74, 6) is 0. The van der Waals surface area contributed by atoms with Gasteiger partial charge in [0.15, 0.2) is 5.43 Å². The van der Waals surface area contributed by atoms with Crippen LogP contribution in [0.4, 0.5) is 0 Å². The standard InChI is InChI=1S/C22H14N2O/c25-22-17-8-4-5-9-20(17)24(16-6-2-1-3-7-16)21-14-15(10-11-18(21)22)19-12-13-23-19/h1-14H. The lowest BCUT2D eigenvalue weighted by Crippen LogP contribution is -2.11. The van der Waals surface area contributed by atoms with Gasteiger partial charge in [-0.3, -0.25) is 9.79 Å². The Bertz CT molecular complexity index is 1250. The van der Waals surface area contributed by atoms with Crippen molar-refractivity contribution in [2.75, 3.05) is 0 Å². The highest BCUT2D eigenvalue weighted by Crippen LogP contribution is 2.25. The molecule has 25 heavy (non-hydrogen) atoms. The summed E-state index contributed by atoms with van der Waals surface area (Å²) in [6.45, 7) is 0. The SMILES string of the molecule is O=c1c2ccccc2n(-c2ccccc2)c2cc(C3=NC=C3)ccc12. The molecule has 1 aliphatic rings. The maximum absolute atomic E-state index is 13.0. The minimum Gasteiger partial charge on any atom is -0.309 e. The second-order valence-corrected chi connectivity index (χ2v) is 6.08. The lowest BCUT2D eigenvalue weighted by Gasteiger charge is -2.16. The smallest absolute Gasteiger partial charge is 0.197 e. The molecule has 0 fully saturated rings. The van der Waals surface area contributed by atoms with Crippen LogP contribution >= 0.6 is 0 Å². The predicted octanol–water partition coefficient (Wildman–Crippen LogP) is 4.46. The van der Waals surface area contributed by atoms with E-state index >= 15 is 0 Å². The van der Waals surface area contributed by atoms with Gasteiger partial charge in [-0.1, -0.05) is 36.4 Å². The van der Waals surface area contributed by atoms with Crippen LogP contribution < -0.4 is 5.43 Å². The van der Waals surface area contributed by atoms with Gasteiger partial charge in [0.1, 0.15) is 0 Å². The van der Waals surface area contributed by atoms with E-state index in [0.717, 1.165) is 38.8 Å². The van der Waals surface area contributed by atoms with Gasteiger partial charge in [0.2, 0.25) is 0 Å². The Kier molecular flexibility index (Phi) is 2.94. The first kappa shape index (κ1) is 13.9. The molecule has 118 valence electrons. The Balaban J connectivity index is 1.98. The molecule has 5 rings (SSSR count). The van der Waals surface area contributed by atoms with Crippen LogP contribution in [0.3, 0.4) is 0 Å². The summed E-state index contributed by atoms with van der Waals surface area (Å²) in [5, 5.41) is 1.45. The average molecular weight is 322 g/mol. The number of fused-ring (bicyclic) bond motifs is 2. The van der Waals surface area contributed by atoms with Gasteiger partial charge < -0.3 is 4.57 Å². The molecule has 0 saturated carbocycles. The van der Waals surface area contributed by atoms with Gasteiger partial charge in [-0.2, -0.15) is 0 Å². The highest BCUT2D eigenvalue weighted by Gasteiger charge is 2.14. The molecule has 3 aromatic carbocycles. The van der Waals surface area contributed by atoms with Crippen LogP contribution in [0.15, 0.2) is 94.9 Å². The van der Waals surface area contributed by atoms with Crippen LogP contribution in [0.5, 0.6) is 0 Å². The molecule has 3 heteroatoms. The molecule has 4 aromatic rings. The molecule has 0 bridgehead atoms. The number of benzene rings is 3. The van der Waals surface area contributed by atoms with E-state index in [2.05, 4.69) is 27.8 Å². The molecule has 0 N–H and O–H groups in total. The van der Waals surface area contributed by atoms with E-state index in [1.54, 1.807) is 6.20 Å². The normalized spacial score (nSPS) is 13.0. The zero-order chi connectivity index (χ0) is 16.8. The Hall–Kier alpha value is -3.46. The Morgan fingerprint density at radius 1 is 0.760 bits per heavy atom. The third-order valence-corrected chi connectivity index (χ3v) is 4.63. The molecule has 1 aliphatic heterocycles. The van der Waals surface area contributed by atoms with Crippen molar-refractivity contribution in [1.82, 2.24) is 4.57 Å². The lowest BCUT2D eigenvalue weighted by molar-refractivity contribution is 1.16.